The van der Waals surface area contributed by atoms with Crippen LogP contribution in [0.1, 0.15) is 53.1 Å². The third kappa shape index (κ3) is 6.09. The lowest BCUT2D eigenvalue weighted by atomic mass is 10.1. The van der Waals surface area contributed by atoms with E-state index >= 15 is 0 Å². The topological polar surface area (TPSA) is 90.7 Å². The number of hydrogen-bond donors (Lipinski definition) is 2. The predicted octanol–water partition coefficient (Wildman–Crippen LogP) is 4.86. The molecule has 0 aliphatic carbocycles. The molecule has 0 aliphatic heterocycles. The smallest absolute Gasteiger partial charge is 0.251 e. The molecule has 0 bridgehead atoms. The Balaban J connectivity index is 1.61. The van der Waals surface area contributed by atoms with E-state index in [1.165, 1.54) is 0 Å². The van der Waals surface area contributed by atoms with Gasteiger partial charge in [0.1, 0.15) is 17.2 Å². The highest BCUT2D eigenvalue weighted by Crippen LogP contribution is 2.23. The number of nitrogens with two attached hydrogens (primary N) is 1. The summed E-state index contributed by atoms with van der Waals surface area (Å²) in [6, 6.07) is 20.9. The zero-order valence-corrected chi connectivity index (χ0v) is 17.8. The summed E-state index contributed by atoms with van der Waals surface area (Å²) >= 11 is 0. The molecule has 6 nitrogen and oxygen atoms in total. The van der Waals surface area contributed by atoms with Gasteiger partial charge >= 0.3 is 0 Å². The third-order valence-corrected chi connectivity index (χ3v) is 4.57. The molecule has 3 aromatic carbocycles. The summed E-state index contributed by atoms with van der Waals surface area (Å²) in [4.78, 5) is 23.8. The highest BCUT2D eigenvalue weighted by Gasteiger charge is 2.13. The van der Waals surface area contributed by atoms with E-state index in [0.29, 0.717) is 22.6 Å². The number of amides is 2. The second-order valence-electron chi connectivity index (χ2n) is 7.45. The van der Waals surface area contributed by atoms with Gasteiger partial charge in [-0.05, 0) is 87.0 Å². The van der Waals surface area contributed by atoms with Crippen LogP contribution >= 0.6 is 0 Å². The standard InChI is InChI=1S/C25H26N2O4/c1-16(2)30-23-6-4-5-20(15-23)17(3)27-25(29)19-9-13-22(14-10-19)31-21-11-7-18(8-12-21)24(26)28/h4-17H,1-3H3,(H2,26,28)(H,27,29). The van der Waals surface area contributed by atoms with Gasteiger partial charge in [-0.25, -0.2) is 0 Å². The van der Waals surface area contributed by atoms with E-state index in [1.807, 2.05) is 45.0 Å². The van der Waals surface area contributed by atoms with Gasteiger partial charge in [0.15, 0.2) is 0 Å². The fraction of sp³-hybridized carbons (Fsp3) is 0.200. The summed E-state index contributed by atoms with van der Waals surface area (Å²) in [5.74, 6) is 1.25. The summed E-state index contributed by atoms with van der Waals surface area (Å²) in [6.45, 7) is 5.88. The molecule has 0 aromatic heterocycles. The van der Waals surface area contributed by atoms with Crippen LogP contribution in [0.5, 0.6) is 17.2 Å². The van der Waals surface area contributed by atoms with Crippen LogP contribution in [-0.2, 0) is 0 Å². The van der Waals surface area contributed by atoms with E-state index < -0.39 is 5.91 Å². The Morgan fingerprint density at radius 1 is 0.806 bits per heavy atom. The van der Waals surface area contributed by atoms with Crippen LogP contribution in [0.3, 0.4) is 0 Å². The van der Waals surface area contributed by atoms with Gasteiger partial charge in [0.2, 0.25) is 5.91 Å². The van der Waals surface area contributed by atoms with Crippen molar-refractivity contribution in [3.63, 3.8) is 0 Å². The number of benzene rings is 3. The molecule has 1 atom stereocenters. The Bertz CT molecular complexity index is 1040. The van der Waals surface area contributed by atoms with E-state index in [9.17, 15) is 9.59 Å². The van der Waals surface area contributed by atoms with Crippen molar-refractivity contribution in [3.05, 3.63) is 89.5 Å². The highest BCUT2D eigenvalue weighted by atomic mass is 16.5. The molecule has 0 spiro atoms. The highest BCUT2D eigenvalue weighted by molar-refractivity contribution is 5.94. The van der Waals surface area contributed by atoms with Gasteiger partial charge in [0, 0.05) is 11.1 Å². The number of primary amides is 1. The van der Waals surface area contributed by atoms with Gasteiger partial charge in [-0.1, -0.05) is 12.1 Å². The third-order valence-electron chi connectivity index (χ3n) is 4.57. The maximum atomic E-state index is 12.6. The summed E-state index contributed by atoms with van der Waals surface area (Å²) in [5.41, 5.74) is 7.14. The van der Waals surface area contributed by atoms with Crippen LogP contribution in [0.25, 0.3) is 0 Å². The van der Waals surface area contributed by atoms with Crippen LogP contribution in [0, 0.1) is 0 Å². The zero-order valence-electron chi connectivity index (χ0n) is 17.8. The molecule has 0 saturated heterocycles. The molecule has 160 valence electrons. The van der Waals surface area contributed by atoms with Crippen molar-refractivity contribution < 1.29 is 19.1 Å². The lowest BCUT2D eigenvalue weighted by molar-refractivity contribution is 0.0938. The van der Waals surface area contributed by atoms with Crippen molar-refractivity contribution in [2.45, 2.75) is 32.9 Å². The van der Waals surface area contributed by atoms with Gasteiger partial charge < -0.3 is 20.5 Å². The molecule has 3 rings (SSSR count). The van der Waals surface area contributed by atoms with E-state index in [-0.39, 0.29) is 18.1 Å². The molecule has 1 unspecified atom stereocenters. The molecule has 3 N–H and O–H groups in total. The Morgan fingerprint density at radius 3 is 1.94 bits per heavy atom. The van der Waals surface area contributed by atoms with Crippen LogP contribution in [-0.4, -0.2) is 17.9 Å². The number of ether oxygens (including phenoxy) is 2. The molecule has 31 heavy (non-hydrogen) atoms. The first kappa shape index (κ1) is 21.9. The van der Waals surface area contributed by atoms with Gasteiger partial charge in [0.25, 0.3) is 5.91 Å². The SMILES string of the molecule is CC(C)Oc1cccc(C(C)NC(=O)c2ccc(Oc3ccc(C(N)=O)cc3)cc2)c1. The molecule has 2 amide bonds. The maximum Gasteiger partial charge on any atom is 0.251 e. The predicted molar refractivity (Wildman–Crippen MR) is 120 cm³/mol. The molecule has 6 heteroatoms. The van der Waals surface area contributed by atoms with Gasteiger partial charge in [-0.3, -0.25) is 9.59 Å². The van der Waals surface area contributed by atoms with Crippen LogP contribution in [0.15, 0.2) is 72.8 Å². The van der Waals surface area contributed by atoms with E-state index in [0.717, 1.165) is 11.3 Å². The maximum absolute atomic E-state index is 12.6. The fourth-order valence-corrected chi connectivity index (χ4v) is 2.99. The van der Waals surface area contributed by atoms with Crippen molar-refractivity contribution in [2.75, 3.05) is 0 Å². The first-order chi connectivity index (χ1) is 14.8. The zero-order chi connectivity index (χ0) is 22.4. The summed E-state index contributed by atoms with van der Waals surface area (Å²) in [6.07, 6.45) is 0.0852. The number of rotatable bonds is 8. The van der Waals surface area contributed by atoms with Crippen molar-refractivity contribution in [3.8, 4) is 17.2 Å². The molecule has 3 aromatic rings. The second-order valence-corrected chi connectivity index (χ2v) is 7.45. The lowest BCUT2D eigenvalue weighted by Crippen LogP contribution is -2.26. The van der Waals surface area contributed by atoms with E-state index in [2.05, 4.69) is 5.32 Å². The van der Waals surface area contributed by atoms with Crippen molar-refractivity contribution in [1.29, 1.82) is 0 Å². The summed E-state index contributed by atoms with van der Waals surface area (Å²) in [7, 11) is 0. The first-order valence-corrected chi connectivity index (χ1v) is 10.1. The average molecular weight is 418 g/mol. The fourth-order valence-electron chi connectivity index (χ4n) is 2.99. The number of carbonyl (C=O) groups is 2. The minimum atomic E-state index is -0.490. The number of nitrogens with one attached hydrogen (secondary N) is 1. The molecule has 0 fully saturated rings. The van der Waals surface area contributed by atoms with Crippen molar-refractivity contribution in [1.82, 2.24) is 5.32 Å². The Labute approximate surface area is 182 Å². The quantitative estimate of drug-likeness (QED) is 0.547. The first-order valence-electron chi connectivity index (χ1n) is 10.1. The Hall–Kier alpha value is -3.80. The molecule has 0 radical (unpaired) electrons. The Kier molecular flexibility index (Phi) is 6.92. The minimum Gasteiger partial charge on any atom is -0.491 e. The van der Waals surface area contributed by atoms with Crippen molar-refractivity contribution in [2.24, 2.45) is 5.73 Å². The van der Waals surface area contributed by atoms with Crippen molar-refractivity contribution >= 4 is 11.8 Å². The van der Waals surface area contributed by atoms with E-state index in [1.54, 1.807) is 48.5 Å². The molecule has 0 aliphatic rings. The van der Waals surface area contributed by atoms with E-state index in [4.69, 9.17) is 15.2 Å². The average Bonchev–Trinajstić information content (AvgIpc) is 2.74. The molecule has 0 saturated carbocycles. The van der Waals surface area contributed by atoms with Gasteiger partial charge in [-0.15, -0.1) is 0 Å². The second kappa shape index (κ2) is 9.80. The van der Waals surface area contributed by atoms with Crippen LogP contribution in [0.2, 0.25) is 0 Å². The van der Waals surface area contributed by atoms with Gasteiger partial charge in [-0.2, -0.15) is 0 Å². The largest absolute Gasteiger partial charge is 0.491 e. The minimum absolute atomic E-state index is 0.0852. The monoisotopic (exact) mass is 418 g/mol. The summed E-state index contributed by atoms with van der Waals surface area (Å²) in [5, 5.41) is 3.00. The lowest BCUT2D eigenvalue weighted by Gasteiger charge is -2.17. The molecule has 0 heterocycles. The normalized spacial score (nSPS) is 11.6. The molecular weight excluding hydrogens is 392 g/mol. The summed E-state index contributed by atoms with van der Waals surface area (Å²) < 4.78 is 11.5. The molecular formula is C25H26N2O4. The Morgan fingerprint density at radius 2 is 1.39 bits per heavy atom. The number of hydrogen-bond acceptors (Lipinski definition) is 4. The number of carbonyl (C=O) groups excluding carboxylic acids is 2. The van der Waals surface area contributed by atoms with Crippen LogP contribution in [0.4, 0.5) is 0 Å². The van der Waals surface area contributed by atoms with Gasteiger partial charge in [0.05, 0.1) is 12.1 Å². The van der Waals surface area contributed by atoms with Crippen LogP contribution < -0.4 is 20.5 Å².